The zero-order valence-corrected chi connectivity index (χ0v) is 23.5. The Hall–Kier alpha value is -4.41. The molecule has 3 aromatic rings. The van der Waals surface area contributed by atoms with Crippen LogP contribution in [0.4, 0.5) is 11.8 Å². The topological polar surface area (TPSA) is 150 Å². The van der Waals surface area contributed by atoms with Crippen molar-refractivity contribution in [3.8, 4) is 28.7 Å². The van der Waals surface area contributed by atoms with Crippen LogP contribution in [0.1, 0.15) is 49.8 Å². The second-order valence-electron chi connectivity index (χ2n) is 8.76. The second-order valence-corrected chi connectivity index (χ2v) is 8.76. The molecule has 40 heavy (non-hydrogen) atoms. The predicted octanol–water partition coefficient (Wildman–Crippen LogP) is 4.34. The summed E-state index contributed by atoms with van der Waals surface area (Å²) >= 11 is 0. The van der Waals surface area contributed by atoms with Crippen molar-refractivity contribution in [2.45, 2.75) is 46.1 Å². The third-order valence-electron chi connectivity index (χ3n) is 5.86. The molecule has 0 radical (unpaired) electrons. The highest BCUT2D eigenvalue weighted by Gasteiger charge is 2.16. The van der Waals surface area contributed by atoms with Crippen molar-refractivity contribution in [3.05, 3.63) is 53.2 Å². The first-order chi connectivity index (χ1) is 19.4. The van der Waals surface area contributed by atoms with Crippen LogP contribution in [-0.2, 0) is 22.6 Å². The van der Waals surface area contributed by atoms with Gasteiger partial charge in [0.05, 0.1) is 34.0 Å². The molecule has 11 heteroatoms. The normalized spacial score (nSPS) is 10.6. The Morgan fingerprint density at radius 3 is 2.23 bits per heavy atom. The number of hydrogen-bond acceptors (Lipinski definition) is 11. The second kappa shape index (κ2) is 15.2. The van der Waals surface area contributed by atoms with Gasteiger partial charge in [-0.2, -0.15) is 4.98 Å². The molecule has 0 amide bonds. The van der Waals surface area contributed by atoms with Crippen LogP contribution >= 0.6 is 0 Å². The van der Waals surface area contributed by atoms with Crippen molar-refractivity contribution in [2.75, 3.05) is 45.5 Å². The lowest BCUT2D eigenvalue weighted by Crippen LogP contribution is -2.06. The number of benzene rings is 2. The number of hydrogen-bond donors (Lipinski definition) is 2. The summed E-state index contributed by atoms with van der Waals surface area (Å²) < 4.78 is 34.0. The van der Waals surface area contributed by atoms with Crippen LogP contribution in [0.15, 0.2) is 36.5 Å². The van der Waals surface area contributed by atoms with E-state index in [1.165, 1.54) is 0 Å². The number of unbranched alkanes of at least 4 members (excludes halogenated alkanes) is 1. The summed E-state index contributed by atoms with van der Waals surface area (Å²) in [6.45, 7) is 5.20. The van der Waals surface area contributed by atoms with Gasteiger partial charge in [-0.25, -0.2) is 4.98 Å². The highest BCUT2D eigenvalue weighted by atomic mass is 16.5. The Morgan fingerprint density at radius 2 is 1.57 bits per heavy atom. The molecule has 0 aliphatic rings. The molecule has 2 aromatic carbocycles. The molecule has 0 saturated carbocycles. The molecule has 0 aliphatic heterocycles. The summed E-state index contributed by atoms with van der Waals surface area (Å²) in [5, 5.41) is 0. The molecule has 0 unspecified atom stereocenters. The minimum Gasteiger partial charge on any atom is -0.493 e. The van der Waals surface area contributed by atoms with Crippen molar-refractivity contribution in [1.82, 2.24) is 9.97 Å². The third-order valence-corrected chi connectivity index (χ3v) is 5.86. The molecule has 1 heterocycles. The maximum atomic E-state index is 11.5. The van der Waals surface area contributed by atoms with E-state index in [1.54, 1.807) is 27.3 Å². The van der Waals surface area contributed by atoms with Crippen molar-refractivity contribution >= 4 is 17.7 Å². The zero-order valence-electron chi connectivity index (χ0n) is 23.5. The molecule has 11 nitrogen and oxygen atoms in total. The van der Waals surface area contributed by atoms with Gasteiger partial charge in [0.2, 0.25) is 11.7 Å². The van der Waals surface area contributed by atoms with Gasteiger partial charge < -0.3 is 39.9 Å². The van der Waals surface area contributed by atoms with Crippen LogP contribution in [0.3, 0.4) is 0 Å². The quantitative estimate of drug-likeness (QED) is 0.192. The molecule has 0 atom stereocenters. The summed E-state index contributed by atoms with van der Waals surface area (Å²) in [5.74, 6) is 3.01. The Bertz CT molecular complexity index is 1240. The van der Waals surface area contributed by atoms with Crippen LogP contribution in [0.2, 0.25) is 0 Å². The van der Waals surface area contributed by atoms with Crippen molar-refractivity contribution in [2.24, 2.45) is 0 Å². The maximum Gasteiger partial charge on any atom is 0.305 e. The highest BCUT2D eigenvalue weighted by molar-refractivity contribution is 5.69. The zero-order chi connectivity index (χ0) is 28.9. The van der Waals surface area contributed by atoms with E-state index in [2.05, 4.69) is 9.97 Å². The predicted molar refractivity (Wildman–Crippen MR) is 151 cm³/mol. The first kappa shape index (κ1) is 30.1. The fraction of sp³-hybridized carbons (Fsp3) is 0.414. The van der Waals surface area contributed by atoms with Gasteiger partial charge in [0.1, 0.15) is 12.4 Å². The molecule has 1 aromatic heterocycles. The van der Waals surface area contributed by atoms with Gasteiger partial charge in [-0.15, -0.1) is 0 Å². The van der Waals surface area contributed by atoms with E-state index in [0.717, 1.165) is 16.7 Å². The Kier molecular flexibility index (Phi) is 11.5. The third kappa shape index (κ3) is 8.55. The van der Waals surface area contributed by atoms with Gasteiger partial charge in [0.25, 0.3) is 0 Å². The number of methoxy groups -OCH3 is 2. The first-order valence-corrected chi connectivity index (χ1v) is 13.2. The molecule has 4 N–H and O–H groups in total. The first-order valence-electron chi connectivity index (χ1n) is 13.2. The molecule has 216 valence electrons. The minimum atomic E-state index is -0.203. The fourth-order valence-electron chi connectivity index (χ4n) is 3.94. The lowest BCUT2D eigenvalue weighted by molar-refractivity contribution is -0.143. The average Bonchev–Trinajstić information content (AvgIpc) is 2.94. The summed E-state index contributed by atoms with van der Waals surface area (Å²) in [4.78, 5) is 19.6. The average molecular weight is 555 g/mol. The van der Waals surface area contributed by atoms with Crippen molar-refractivity contribution < 1.29 is 33.2 Å². The van der Waals surface area contributed by atoms with E-state index in [9.17, 15) is 4.79 Å². The van der Waals surface area contributed by atoms with Gasteiger partial charge in [0, 0.05) is 24.6 Å². The Labute approximate surface area is 234 Å². The smallest absolute Gasteiger partial charge is 0.305 e. The number of anilines is 2. The van der Waals surface area contributed by atoms with Crippen LogP contribution in [0.5, 0.6) is 28.7 Å². The van der Waals surface area contributed by atoms with Gasteiger partial charge in [-0.05, 0) is 62.1 Å². The molecule has 0 spiro atoms. The van der Waals surface area contributed by atoms with E-state index in [0.29, 0.717) is 80.1 Å². The number of nitrogens with zero attached hydrogens (tertiary/aromatic N) is 2. The molecule has 0 aliphatic carbocycles. The number of esters is 1. The van der Waals surface area contributed by atoms with E-state index >= 15 is 0 Å². The van der Waals surface area contributed by atoms with E-state index in [-0.39, 0.29) is 18.5 Å². The van der Waals surface area contributed by atoms with E-state index in [1.807, 2.05) is 37.3 Å². The summed E-state index contributed by atoms with van der Waals surface area (Å²) in [7, 11) is 3.13. The fourth-order valence-corrected chi connectivity index (χ4v) is 3.94. The number of rotatable bonds is 16. The minimum absolute atomic E-state index is 0.138. The number of carbonyl (C=O) groups is 1. The molecule has 0 fully saturated rings. The summed E-state index contributed by atoms with van der Waals surface area (Å²) in [5.41, 5.74) is 14.2. The maximum absolute atomic E-state index is 11.5. The van der Waals surface area contributed by atoms with Gasteiger partial charge in [-0.1, -0.05) is 6.07 Å². The number of carbonyl (C=O) groups excluding carboxylic acids is 1. The Balaban J connectivity index is 1.68. The summed E-state index contributed by atoms with van der Waals surface area (Å²) in [6, 6.07) is 9.39. The lowest BCUT2D eigenvalue weighted by Gasteiger charge is -2.17. The number of nitrogens with two attached hydrogens (primary N) is 2. The number of nitrogen functional groups attached to an aromatic ring is 2. The molecular formula is C29H38N4O7. The van der Waals surface area contributed by atoms with Crippen LogP contribution in [0, 0.1) is 0 Å². The monoisotopic (exact) mass is 554 g/mol. The molecule has 0 bridgehead atoms. The van der Waals surface area contributed by atoms with Crippen LogP contribution < -0.4 is 35.2 Å². The van der Waals surface area contributed by atoms with Crippen molar-refractivity contribution in [3.63, 3.8) is 0 Å². The van der Waals surface area contributed by atoms with Gasteiger partial charge in [-0.3, -0.25) is 4.79 Å². The number of aromatic nitrogens is 2. The largest absolute Gasteiger partial charge is 0.493 e. The van der Waals surface area contributed by atoms with E-state index < -0.39 is 0 Å². The molecular weight excluding hydrogens is 516 g/mol. The molecule has 0 saturated heterocycles. The molecule has 3 rings (SSSR count). The van der Waals surface area contributed by atoms with Crippen LogP contribution in [0.25, 0.3) is 0 Å². The SMILES string of the molecule is CCOC(=O)CCCCOc1c(OC)cc(COc2ccc(Cc3cnc(N)nc3N)cc2OCC)cc1OC. The van der Waals surface area contributed by atoms with Gasteiger partial charge in [0.15, 0.2) is 23.0 Å². The standard InChI is InChI=1S/C29H38N4O7/c1-5-37-23-14-19(13-21-17-32-29(31)33-28(21)30)10-11-22(23)40-18-20-15-24(35-3)27(25(16-20)36-4)39-12-8-7-9-26(34)38-6-2/h10-11,14-17H,5-9,12-13,18H2,1-4H3,(H4,30,31,32,33). The Morgan fingerprint density at radius 1 is 0.850 bits per heavy atom. The van der Waals surface area contributed by atoms with Crippen molar-refractivity contribution in [1.29, 1.82) is 0 Å². The van der Waals surface area contributed by atoms with Gasteiger partial charge >= 0.3 is 5.97 Å². The van der Waals surface area contributed by atoms with Crippen LogP contribution in [-0.4, -0.2) is 50.0 Å². The number of ether oxygens (including phenoxy) is 6. The van der Waals surface area contributed by atoms with E-state index in [4.69, 9.17) is 39.9 Å². The summed E-state index contributed by atoms with van der Waals surface area (Å²) in [6.07, 6.45) is 3.85. The lowest BCUT2D eigenvalue weighted by atomic mass is 10.1. The highest BCUT2D eigenvalue weighted by Crippen LogP contribution is 2.39.